The summed E-state index contributed by atoms with van der Waals surface area (Å²) in [6.07, 6.45) is 2.14. The second kappa shape index (κ2) is 9.92. The number of carbonyl (C=O) groups is 2. The van der Waals surface area contributed by atoms with Crippen molar-refractivity contribution in [3.8, 4) is 0 Å². The Labute approximate surface area is 239 Å². The van der Waals surface area contributed by atoms with Crippen molar-refractivity contribution in [3.63, 3.8) is 0 Å². The third kappa shape index (κ3) is 5.85. The molecule has 2 N–H and O–H groups in total. The van der Waals surface area contributed by atoms with Crippen LogP contribution in [0.15, 0.2) is 51.8 Å². The van der Waals surface area contributed by atoms with Gasteiger partial charge in [-0.2, -0.15) is 8.42 Å². The third-order valence-corrected chi connectivity index (χ3v) is 8.48. The number of amidine groups is 1. The summed E-state index contributed by atoms with van der Waals surface area (Å²) in [6, 6.07) is 10.8. The van der Waals surface area contributed by atoms with Crippen LogP contribution in [0.1, 0.15) is 56.5 Å². The smallest absolute Gasteiger partial charge is 0.341 e. The number of nitrogens with one attached hydrogen (secondary N) is 2. The van der Waals surface area contributed by atoms with E-state index in [1.54, 1.807) is 31.2 Å². The van der Waals surface area contributed by atoms with Gasteiger partial charge in [0, 0.05) is 11.3 Å². The quantitative estimate of drug-likeness (QED) is 0.411. The van der Waals surface area contributed by atoms with Gasteiger partial charge in [0.15, 0.2) is 11.6 Å². The van der Waals surface area contributed by atoms with Crippen LogP contribution in [0.2, 0.25) is 0 Å². The van der Waals surface area contributed by atoms with Crippen molar-refractivity contribution in [2.45, 2.75) is 50.8 Å². The zero-order chi connectivity index (χ0) is 26.7. The average Bonchev–Trinajstić information content (AvgIpc) is 2.75. The van der Waals surface area contributed by atoms with E-state index in [2.05, 4.69) is 35.2 Å². The van der Waals surface area contributed by atoms with E-state index in [1.807, 2.05) is 0 Å². The SMILES string of the molecule is CC(C)(C)CC[C@@]1(C)C(=O)C(C2=NS(=O)(=O)c3cc(NS(C)(=O)=O)ccc3N2)C(=O)c2ccccc21.[Na+]. The molecule has 2 aromatic carbocycles. The van der Waals surface area contributed by atoms with E-state index in [1.165, 1.54) is 12.1 Å². The molecule has 0 bridgehead atoms. The molecule has 0 fully saturated rings. The molecule has 0 amide bonds. The van der Waals surface area contributed by atoms with Crippen molar-refractivity contribution in [3.05, 3.63) is 53.6 Å². The number of carbonyl (C=O) groups excluding carboxylic acids is 2. The minimum atomic E-state index is -4.33. The van der Waals surface area contributed by atoms with Gasteiger partial charge >= 0.3 is 29.6 Å². The maximum Gasteiger partial charge on any atom is 1.00 e. The van der Waals surface area contributed by atoms with Crippen molar-refractivity contribution in [1.82, 2.24) is 0 Å². The van der Waals surface area contributed by atoms with Gasteiger partial charge in [0.2, 0.25) is 10.0 Å². The van der Waals surface area contributed by atoms with Gasteiger partial charge in [0.1, 0.15) is 16.6 Å². The molecule has 4 rings (SSSR count). The fraction of sp³-hybridized carbons (Fsp3) is 0.400. The molecule has 2 aromatic rings. The number of hydrogen-bond donors (Lipinski definition) is 2. The number of benzene rings is 2. The Kier molecular flexibility index (Phi) is 7.91. The van der Waals surface area contributed by atoms with Crippen LogP contribution in [0.25, 0.3) is 0 Å². The maximum absolute atomic E-state index is 14.0. The first-order chi connectivity index (χ1) is 16.5. The predicted octanol–water partition coefficient (Wildman–Crippen LogP) is 0.741. The van der Waals surface area contributed by atoms with Gasteiger partial charge < -0.3 is 5.32 Å². The zero-order valence-electron chi connectivity index (χ0n) is 21.7. The van der Waals surface area contributed by atoms with E-state index in [4.69, 9.17) is 0 Å². The van der Waals surface area contributed by atoms with Crippen molar-refractivity contribution in [2.75, 3.05) is 16.3 Å². The summed E-state index contributed by atoms with van der Waals surface area (Å²) in [7, 11) is -7.96. The summed E-state index contributed by atoms with van der Waals surface area (Å²) < 4.78 is 55.4. The number of Topliss-reactive ketones (excluding diaryl/α,β-unsaturated/α-hetero) is 2. The van der Waals surface area contributed by atoms with Crippen LogP contribution in [0, 0.1) is 11.3 Å². The minimum absolute atomic E-state index is 0. The van der Waals surface area contributed by atoms with Crippen molar-refractivity contribution >= 4 is 48.8 Å². The molecule has 0 radical (unpaired) electrons. The van der Waals surface area contributed by atoms with Gasteiger partial charge in [0.25, 0.3) is 10.0 Å². The molecule has 9 nitrogen and oxygen atoms in total. The van der Waals surface area contributed by atoms with E-state index in [9.17, 15) is 26.4 Å². The Balaban J connectivity index is 0.00000380. The van der Waals surface area contributed by atoms with Crippen molar-refractivity contribution < 1.29 is 56.0 Å². The van der Waals surface area contributed by atoms with Crippen molar-refractivity contribution in [1.29, 1.82) is 0 Å². The second-order valence-electron chi connectivity index (χ2n) is 10.8. The van der Waals surface area contributed by atoms with Crippen molar-refractivity contribution in [2.24, 2.45) is 15.7 Å². The molecule has 1 heterocycles. The monoisotopic (exact) mass is 554 g/mol. The number of rotatable bonds is 5. The van der Waals surface area contributed by atoms with E-state index in [0.29, 0.717) is 24.0 Å². The molecule has 1 aliphatic carbocycles. The maximum atomic E-state index is 14.0. The fourth-order valence-corrected chi connectivity index (χ4v) is 6.35. The van der Waals surface area contributed by atoms with Gasteiger partial charge in [-0.25, -0.2) is 8.42 Å². The Bertz CT molecular complexity index is 1530. The van der Waals surface area contributed by atoms with E-state index >= 15 is 0 Å². The molecule has 0 saturated carbocycles. The van der Waals surface area contributed by atoms with Crippen LogP contribution in [0.5, 0.6) is 0 Å². The molecule has 12 heteroatoms. The standard InChI is InChI=1S/C25H29N3O6S2.Na/c1-24(2,3)12-13-25(4)17-9-7-6-8-16(17)21(29)20(22(25)30)23-26-18-11-10-15(27-35(5,31)32)14-19(18)36(33,34)28-23;/h6-11,14,20,27H,12-13H2,1-5H3,(H,26,28);/q;+1/t20?,25-;/m1./s1. The number of fused-ring (bicyclic) bond motifs is 2. The molecule has 2 aliphatic rings. The third-order valence-electron chi connectivity index (χ3n) is 6.55. The number of ketones is 2. The molecular formula is C25H29N3NaO6S2+. The summed E-state index contributed by atoms with van der Waals surface area (Å²) in [5, 5.41) is 2.87. The van der Waals surface area contributed by atoms with Crippen LogP contribution in [-0.2, 0) is 30.3 Å². The minimum Gasteiger partial charge on any atom is -0.341 e. The number of nitrogens with zero attached hydrogens (tertiary/aromatic N) is 1. The first-order valence-corrected chi connectivity index (χ1v) is 14.8. The Morgan fingerprint density at radius 1 is 1.11 bits per heavy atom. The summed E-state index contributed by atoms with van der Waals surface area (Å²) in [4.78, 5) is 27.2. The van der Waals surface area contributed by atoms with Crippen LogP contribution in [-0.4, -0.2) is 40.5 Å². The predicted molar refractivity (Wildman–Crippen MR) is 138 cm³/mol. The van der Waals surface area contributed by atoms with E-state index in [-0.39, 0.29) is 57.1 Å². The Morgan fingerprint density at radius 2 is 1.76 bits per heavy atom. The molecule has 1 unspecified atom stereocenters. The normalized spacial score (nSPS) is 22.6. The van der Waals surface area contributed by atoms with E-state index < -0.39 is 42.9 Å². The topological polar surface area (TPSA) is 139 Å². The molecular weight excluding hydrogens is 525 g/mol. The first kappa shape index (κ1) is 29.5. The van der Waals surface area contributed by atoms with Crippen LogP contribution < -0.4 is 39.6 Å². The van der Waals surface area contributed by atoms with Crippen LogP contribution in [0.3, 0.4) is 0 Å². The average molecular weight is 555 g/mol. The number of sulfonamides is 2. The molecule has 2 atom stereocenters. The van der Waals surface area contributed by atoms with E-state index in [0.717, 1.165) is 12.3 Å². The van der Waals surface area contributed by atoms with Gasteiger partial charge in [-0.05, 0) is 48.9 Å². The summed E-state index contributed by atoms with van der Waals surface area (Å²) in [5.74, 6) is -2.58. The fourth-order valence-electron chi connectivity index (χ4n) is 4.62. The summed E-state index contributed by atoms with van der Waals surface area (Å²) >= 11 is 0. The Hall–Kier alpha value is -2.05. The van der Waals surface area contributed by atoms with Gasteiger partial charge in [-0.15, -0.1) is 4.40 Å². The second-order valence-corrected chi connectivity index (χ2v) is 14.1. The molecule has 0 aromatic heterocycles. The molecule has 0 saturated heterocycles. The largest absolute Gasteiger partial charge is 1.00 e. The first-order valence-electron chi connectivity index (χ1n) is 11.4. The molecule has 37 heavy (non-hydrogen) atoms. The van der Waals surface area contributed by atoms with Crippen LogP contribution >= 0.6 is 0 Å². The Morgan fingerprint density at radius 3 is 2.38 bits per heavy atom. The number of hydrogen-bond acceptors (Lipinski definition) is 7. The summed E-state index contributed by atoms with van der Waals surface area (Å²) in [5.41, 5.74) is 0.0923. The van der Waals surface area contributed by atoms with Gasteiger partial charge in [0.05, 0.1) is 17.4 Å². The molecule has 192 valence electrons. The zero-order valence-corrected chi connectivity index (χ0v) is 25.4. The van der Waals surface area contributed by atoms with Gasteiger partial charge in [-0.1, -0.05) is 45.0 Å². The molecule has 1 aliphatic heterocycles. The number of anilines is 2. The molecule has 0 spiro atoms. The van der Waals surface area contributed by atoms with Crippen LogP contribution in [0.4, 0.5) is 11.4 Å². The summed E-state index contributed by atoms with van der Waals surface area (Å²) in [6.45, 7) is 8.01. The van der Waals surface area contributed by atoms with Gasteiger partial charge in [-0.3, -0.25) is 14.3 Å².